The van der Waals surface area contributed by atoms with E-state index in [1.807, 2.05) is 0 Å². The van der Waals surface area contributed by atoms with E-state index in [4.69, 9.17) is 14.8 Å². The van der Waals surface area contributed by atoms with Crippen LogP contribution in [0.4, 0.5) is 0 Å². The van der Waals surface area contributed by atoms with Gasteiger partial charge in [-0.15, -0.1) is 11.3 Å². The molecule has 0 bridgehead atoms. The fraction of sp³-hybridized carbons (Fsp3) is 0.333. The highest BCUT2D eigenvalue weighted by molar-refractivity contribution is 7.12. The number of aliphatic hydroxyl groups excluding tert-OH is 1. The maximum Gasteiger partial charge on any atom is 0.328 e. The third kappa shape index (κ3) is 8.21. The van der Waals surface area contributed by atoms with Gasteiger partial charge in [-0.3, -0.25) is 10.3 Å². The molecule has 230 valence electrons. The molecule has 8 heteroatoms. The van der Waals surface area contributed by atoms with Gasteiger partial charge in [0.05, 0.1) is 24.1 Å². The Bertz CT molecular complexity index is 1510. The first-order valence-electron chi connectivity index (χ1n) is 15.2. The zero-order chi connectivity index (χ0) is 30.9. The summed E-state index contributed by atoms with van der Waals surface area (Å²) in [5.74, 6) is -0.0194. The second kappa shape index (κ2) is 15.3. The van der Waals surface area contributed by atoms with Crippen LogP contribution in [-0.2, 0) is 16.0 Å². The molecular formula is C36H41N3O4S. The number of aliphatic carboxylic acids is 1. The van der Waals surface area contributed by atoms with Crippen LogP contribution < -0.4 is 5.32 Å². The molecule has 5 rings (SSSR count). The number of amidine groups is 1. The van der Waals surface area contributed by atoms with Crippen molar-refractivity contribution in [2.24, 2.45) is 4.99 Å². The molecule has 1 saturated heterocycles. The zero-order valence-corrected chi connectivity index (χ0v) is 26.0. The number of thiophene rings is 1. The number of carbonyl (C=O) groups is 1. The summed E-state index contributed by atoms with van der Waals surface area (Å²) in [7, 11) is 0. The molecule has 2 aliphatic carbocycles. The molecule has 0 saturated carbocycles. The standard InChI is InChI=1S/C36H41N3O4S/c1-3-9-26(14-17-34(40)41)24-43-30-18-20-39(21-19-30)33-16-15-29(23-37-33)38-36(42)35-25(2)31-22-28(12-8-13-32(31)44-35)27-10-6-4-5-7-11-27/h3-10,12,14-17,22,29-30,36,38,42H,1,11,13,18-21,23-24H2,2H3,(H,40,41)/b17-14+,26-9+. The van der Waals surface area contributed by atoms with E-state index in [1.165, 1.54) is 21.6 Å². The highest BCUT2D eigenvalue weighted by Gasteiger charge is 2.25. The highest BCUT2D eigenvalue weighted by atomic mass is 32.1. The molecular weight excluding hydrogens is 570 g/mol. The van der Waals surface area contributed by atoms with Gasteiger partial charge in [0.15, 0.2) is 0 Å². The van der Waals surface area contributed by atoms with Crippen molar-refractivity contribution in [1.82, 2.24) is 10.2 Å². The van der Waals surface area contributed by atoms with Crippen molar-refractivity contribution in [2.45, 2.75) is 51.0 Å². The summed E-state index contributed by atoms with van der Waals surface area (Å²) in [6.07, 6.45) is 30.4. The number of nitrogens with one attached hydrogen (secondary N) is 1. The van der Waals surface area contributed by atoms with Crippen LogP contribution in [0.1, 0.15) is 46.4 Å². The van der Waals surface area contributed by atoms with Gasteiger partial charge in [-0.25, -0.2) is 4.79 Å². The Hall–Kier alpha value is -3.82. The van der Waals surface area contributed by atoms with Crippen molar-refractivity contribution in [3.63, 3.8) is 0 Å². The number of nitrogens with zero attached hydrogens (tertiary/aromatic N) is 2. The normalized spacial score (nSPS) is 21.4. The summed E-state index contributed by atoms with van der Waals surface area (Å²) in [5, 5.41) is 23.5. The molecule has 0 aromatic carbocycles. The topological polar surface area (TPSA) is 94.4 Å². The van der Waals surface area contributed by atoms with Crippen molar-refractivity contribution in [1.29, 1.82) is 0 Å². The summed E-state index contributed by atoms with van der Waals surface area (Å²) >= 11 is 1.69. The van der Waals surface area contributed by atoms with Gasteiger partial charge in [-0.05, 0) is 72.3 Å². The number of piperidine rings is 1. The van der Waals surface area contributed by atoms with E-state index in [9.17, 15) is 9.90 Å². The second-order valence-corrected chi connectivity index (χ2v) is 12.4. The number of dihydropyridines is 1. The number of carboxylic acid groups (broad SMARTS) is 1. The minimum Gasteiger partial charge on any atom is -0.478 e. The Labute approximate surface area is 264 Å². The molecule has 1 aromatic rings. The molecule has 1 fully saturated rings. The lowest BCUT2D eigenvalue weighted by Gasteiger charge is -2.34. The van der Waals surface area contributed by atoms with Crippen LogP contribution in [0.5, 0.6) is 0 Å². The van der Waals surface area contributed by atoms with E-state index in [2.05, 4.69) is 84.5 Å². The Kier molecular flexibility index (Phi) is 11.0. The van der Waals surface area contributed by atoms with Crippen molar-refractivity contribution in [2.75, 3.05) is 26.2 Å². The van der Waals surface area contributed by atoms with Gasteiger partial charge in [0.2, 0.25) is 0 Å². The van der Waals surface area contributed by atoms with Gasteiger partial charge >= 0.3 is 5.97 Å². The lowest BCUT2D eigenvalue weighted by molar-refractivity contribution is -0.131. The van der Waals surface area contributed by atoms with E-state index in [1.54, 1.807) is 29.6 Å². The molecule has 0 amide bonds. The molecule has 0 spiro atoms. The lowest BCUT2D eigenvalue weighted by Crippen LogP contribution is -2.43. The average Bonchev–Trinajstić information content (AvgIpc) is 3.24. The molecule has 4 aliphatic rings. The molecule has 44 heavy (non-hydrogen) atoms. The molecule has 0 radical (unpaired) electrons. The molecule has 3 heterocycles. The summed E-state index contributed by atoms with van der Waals surface area (Å²) in [5.41, 5.74) is 5.65. The minimum atomic E-state index is -0.986. The quantitative estimate of drug-likeness (QED) is 0.167. The number of ether oxygens (including phenoxy) is 1. The second-order valence-electron chi connectivity index (χ2n) is 11.2. The highest BCUT2D eigenvalue weighted by Crippen LogP contribution is 2.37. The minimum absolute atomic E-state index is 0.0504. The SMILES string of the molecule is C=C/C=C(\C=C\C(=O)O)COC1CCN(C2=NCC(NC(O)c3sc4c(c3C)C=C(C3=CC=CC=CC3)C=CC4)C=C2)CC1. The van der Waals surface area contributed by atoms with Crippen LogP contribution in [0.2, 0.25) is 0 Å². The summed E-state index contributed by atoms with van der Waals surface area (Å²) in [6.45, 7) is 8.41. The Morgan fingerprint density at radius 3 is 2.80 bits per heavy atom. The fourth-order valence-corrected chi connectivity index (χ4v) is 6.95. The Morgan fingerprint density at radius 2 is 2.05 bits per heavy atom. The number of likely N-dealkylation sites (tertiary alicyclic amines) is 1. The van der Waals surface area contributed by atoms with E-state index in [0.717, 1.165) is 66.7 Å². The number of fused-ring (bicyclic) bond motifs is 1. The first-order valence-corrected chi connectivity index (χ1v) is 16.0. The average molecular weight is 612 g/mol. The fourth-order valence-electron chi connectivity index (χ4n) is 5.74. The van der Waals surface area contributed by atoms with Crippen molar-refractivity contribution < 1.29 is 19.7 Å². The third-order valence-electron chi connectivity index (χ3n) is 8.14. The van der Waals surface area contributed by atoms with Crippen LogP contribution in [0.15, 0.2) is 107 Å². The predicted octanol–water partition coefficient (Wildman–Crippen LogP) is 6.15. The van der Waals surface area contributed by atoms with Crippen molar-refractivity contribution in [3.8, 4) is 0 Å². The van der Waals surface area contributed by atoms with Gasteiger partial charge in [-0.1, -0.05) is 67.3 Å². The van der Waals surface area contributed by atoms with Crippen molar-refractivity contribution >= 4 is 29.2 Å². The van der Waals surface area contributed by atoms with Crippen LogP contribution >= 0.6 is 11.3 Å². The van der Waals surface area contributed by atoms with Crippen LogP contribution in [-0.4, -0.2) is 65.3 Å². The van der Waals surface area contributed by atoms with Gasteiger partial charge in [0.25, 0.3) is 0 Å². The van der Waals surface area contributed by atoms with Crippen LogP contribution in [0.25, 0.3) is 6.08 Å². The maximum absolute atomic E-state index is 11.2. The number of hydrogen-bond acceptors (Lipinski definition) is 7. The Balaban J connectivity index is 1.13. The smallest absolute Gasteiger partial charge is 0.328 e. The molecule has 2 aliphatic heterocycles. The van der Waals surface area contributed by atoms with E-state index in [0.29, 0.717) is 13.2 Å². The number of carboxylic acids is 1. The number of aliphatic imine (C=N–C) groups is 1. The third-order valence-corrected chi connectivity index (χ3v) is 9.53. The van der Waals surface area contributed by atoms with Crippen LogP contribution in [0, 0.1) is 6.92 Å². The van der Waals surface area contributed by atoms with E-state index in [-0.39, 0.29) is 12.1 Å². The maximum atomic E-state index is 11.2. The van der Waals surface area contributed by atoms with Gasteiger partial charge < -0.3 is 19.8 Å². The molecule has 2 atom stereocenters. The zero-order valence-electron chi connectivity index (χ0n) is 25.2. The lowest BCUT2D eigenvalue weighted by atomic mass is 9.99. The molecule has 3 N–H and O–H groups in total. The molecule has 7 nitrogen and oxygen atoms in total. The number of allylic oxidation sites excluding steroid dienone is 11. The van der Waals surface area contributed by atoms with Crippen LogP contribution in [0.3, 0.4) is 0 Å². The number of rotatable bonds is 10. The van der Waals surface area contributed by atoms with E-state index < -0.39 is 12.2 Å². The predicted molar refractivity (Wildman–Crippen MR) is 180 cm³/mol. The van der Waals surface area contributed by atoms with Gasteiger partial charge in [-0.2, -0.15) is 0 Å². The first-order chi connectivity index (χ1) is 21.4. The van der Waals surface area contributed by atoms with Gasteiger partial charge in [0.1, 0.15) is 12.1 Å². The molecule has 2 unspecified atom stereocenters. The monoisotopic (exact) mass is 611 g/mol. The molecule has 1 aromatic heterocycles. The summed E-state index contributed by atoms with van der Waals surface area (Å²) < 4.78 is 6.06. The summed E-state index contributed by atoms with van der Waals surface area (Å²) in [6, 6.07) is -0.0504. The largest absolute Gasteiger partial charge is 0.478 e. The first kappa shape index (κ1) is 31.6. The number of aliphatic hydroxyl groups is 1. The number of hydrogen-bond donors (Lipinski definition) is 3. The van der Waals surface area contributed by atoms with Crippen molar-refractivity contribution in [3.05, 3.63) is 123 Å². The van der Waals surface area contributed by atoms with Gasteiger partial charge in [0, 0.05) is 36.5 Å². The van der Waals surface area contributed by atoms with E-state index >= 15 is 0 Å². The Morgan fingerprint density at radius 1 is 1.20 bits per heavy atom. The summed E-state index contributed by atoms with van der Waals surface area (Å²) in [4.78, 5) is 20.2.